The number of thiophene rings is 1. The second-order valence-corrected chi connectivity index (χ2v) is 4.91. The van der Waals surface area contributed by atoms with E-state index in [0.717, 1.165) is 12.8 Å². The highest BCUT2D eigenvalue weighted by molar-refractivity contribution is 7.15. The van der Waals surface area contributed by atoms with Gasteiger partial charge in [0.1, 0.15) is 0 Å². The van der Waals surface area contributed by atoms with E-state index < -0.39 is 0 Å². The van der Waals surface area contributed by atoms with Crippen molar-refractivity contribution >= 4 is 11.3 Å². The summed E-state index contributed by atoms with van der Waals surface area (Å²) in [4.78, 5) is 2.84. The van der Waals surface area contributed by atoms with Crippen LogP contribution in [0.2, 0.25) is 0 Å². The van der Waals surface area contributed by atoms with Crippen LogP contribution in [0.5, 0.6) is 0 Å². The zero-order valence-electron chi connectivity index (χ0n) is 9.52. The number of hydrogen-bond donors (Lipinski definition) is 0. The summed E-state index contributed by atoms with van der Waals surface area (Å²) in [5.74, 6) is 0. The van der Waals surface area contributed by atoms with Crippen molar-refractivity contribution in [2.75, 3.05) is 0 Å². The lowest BCUT2D eigenvalue weighted by molar-refractivity contribution is 1.02. The van der Waals surface area contributed by atoms with E-state index >= 15 is 0 Å². The fraction of sp³-hybridized carbons (Fsp3) is 0.200. The van der Waals surface area contributed by atoms with E-state index in [0.29, 0.717) is 0 Å². The Morgan fingerprint density at radius 1 is 1.06 bits per heavy atom. The van der Waals surface area contributed by atoms with Crippen molar-refractivity contribution in [2.45, 2.75) is 19.8 Å². The van der Waals surface area contributed by atoms with Gasteiger partial charge in [-0.1, -0.05) is 42.5 Å². The summed E-state index contributed by atoms with van der Waals surface area (Å²) in [7, 11) is 0. The minimum atomic E-state index is 1.14. The van der Waals surface area contributed by atoms with Crippen molar-refractivity contribution in [1.29, 1.82) is 0 Å². The smallest absolute Gasteiger partial charge is 0.0345 e. The molecule has 0 radical (unpaired) electrons. The Hall–Kier alpha value is -1.34. The van der Waals surface area contributed by atoms with Gasteiger partial charge in [-0.2, -0.15) is 0 Å². The van der Waals surface area contributed by atoms with Crippen LogP contribution in [0, 0.1) is 0 Å². The normalized spacial score (nSPS) is 11.1. The number of rotatable bonds is 4. The average molecular weight is 228 g/mol. The molecule has 0 amide bonds. The van der Waals surface area contributed by atoms with E-state index in [-0.39, 0.29) is 0 Å². The van der Waals surface area contributed by atoms with Gasteiger partial charge in [-0.15, -0.1) is 11.3 Å². The number of hydrogen-bond acceptors (Lipinski definition) is 1. The van der Waals surface area contributed by atoms with Gasteiger partial charge in [-0.3, -0.25) is 0 Å². The topological polar surface area (TPSA) is 0 Å². The molecule has 0 nitrogen and oxygen atoms in total. The van der Waals surface area contributed by atoms with Crippen molar-refractivity contribution in [3.63, 3.8) is 0 Å². The second-order valence-electron chi connectivity index (χ2n) is 3.74. The first kappa shape index (κ1) is 11.2. The van der Waals surface area contributed by atoms with Crippen LogP contribution in [0.3, 0.4) is 0 Å². The fourth-order valence-corrected chi connectivity index (χ4v) is 2.69. The molecular weight excluding hydrogens is 212 g/mol. The molecule has 16 heavy (non-hydrogen) atoms. The lowest BCUT2D eigenvalue weighted by atomic mass is 10.2. The predicted octanol–water partition coefficient (Wildman–Crippen LogP) is 4.92. The Labute approximate surface area is 101 Å². The molecule has 0 N–H and O–H groups in total. The van der Waals surface area contributed by atoms with Gasteiger partial charge in [0.2, 0.25) is 0 Å². The number of aryl methyl sites for hydroxylation is 1. The van der Waals surface area contributed by atoms with E-state index in [2.05, 4.69) is 61.5 Å². The molecule has 0 atom stereocenters. The average Bonchev–Trinajstić information content (AvgIpc) is 2.79. The second kappa shape index (κ2) is 5.66. The first-order valence-electron chi connectivity index (χ1n) is 5.65. The zero-order valence-corrected chi connectivity index (χ0v) is 10.3. The van der Waals surface area contributed by atoms with E-state index in [1.165, 1.54) is 15.3 Å². The maximum Gasteiger partial charge on any atom is 0.0345 e. The van der Waals surface area contributed by atoms with Crippen LogP contribution in [0.25, 0.3) is 10.4 Å². The summed E-state index contributed by atoms with van der Waals surface area (Å²) in [6.07, 6.45) is 6.64. The highest BCUT2D eigenvalue weighted by atomic mass is 32.1. The SMILES string of the molecule is CC=CCCc1ccc(-c2ccccc2)s1. The summed E-state index contributed by atoms with van der Waals surface area (Å²) in [6, 6.07) is 15.1. The molecule has 2 rings (SSSR count). The van der Waals surface area contributed by atoms with Gasteiger partial charge >= 0.3 is 0 Å². The van der Waals surface area contributed by atoms with Gasteiger partial charge in [0.05, 0.1) is 0 Å². The lowest BCUT2D eigenvalue weighted by Gasteiger charge is -1.95. The van der Waals surface area contributed by atoms with Crippen LogP contribution < -0.4 is 0 Å². The van der Waals surface area contributed by atoms with E-state index in [4.69, 9.17) is 0 Å². The lowest BCUT2D eigenvalue weighted by Crippen LogP contribution is -1.74. The van der Waals surface area contributed by atoms with Crippen molar-refractivity contribution in [3.05, 3.63) is 59.5 Å². The summed E-state index contributed by atoms with van der Waals surface area (Å²) in [5, 5.41) is 0. The standard InChI is InChI=1S/C15H16S/c1-2-3-5-10-14-11-12-15(16-14)13-8-6-4-7-9-13/h2-4,6-9,11-12H,5,10H2,1H3. The Bertz CT molecular complexity index is 451. The van der Waals surface area contributed by atoms with Crippen LogP contribution in [-0.4, -0.2) is 0 Å². The molecule has 0 aliphatic heterocycles. The molecule has 1 heteroatoms. The molecule has 0 saturated heterocycles. The van der Waals surface area contributed by atoms with Gasteiger partial charge in [0, 0.05) is 9.75 Å². The van der Waals surface area contributed by atoms with Crippen LogP contribution in [0.4, 0.5) is 0 Å². The van der Waals surface area contributed by atoms with Crippen molar-refractivity contribution in [2.24, 2.45) is 0 Å². The van der Waals surface area contributed by atoms with Gasteiger partial charge in [0.15, 0.2) is 0 Å². The highest BCUT2D eigenvalue weighted by Crippen LogP contribution is 2.28. The first-order chi connectivity index (χ1) is 7.90. The van der Waals surface area contributed by atoms with Gasteiger partial charge in [0.25, 0.3) is 0 Å². The van der Waals surface area contributed by atoms with E-state index in [9.17, 15) is 0 Å². The minimum Gasteiger partial charge on any atom is -0.140 e. The Morgan fingerprint density at radius 2 is 1.88 bits per heavy atom. The molecule has 0 fully saturated rings. The maximum atomic E-state index is 2.25. The zero-order chi connectivity index (χ0) is 11.2. The largest absolute Gasteiger partial charge is 0.140 e. The van der Waals surface area contributed by atoms with Crippen molar-refractivity contribution < 1.29 is 0 Å². The molecule has 0 aliphatic rings. The minimum absolute atomic E-state index is 1.14. The highest BCUT2D eigenvalue weighted by Gasteiger charge is 2.01. The molecule has 2 aromatic rings. The van der Waals surface area contributed by atoms with E-state index in [1.54, 1.807) is 0 Å². The summed E-state index contributed by atoms with van der Waals surface area (Å²) in [5.41, 5.74) is 1.32. The molecule has 0 spiro atoms. The molecule has 1 heterocycles. The van der Waals surface area contributed by atoms with Gasteiger partial charge in [-0.05, 0) is 37.5 Å². The molecular formula is C15H16S. The van der Waals surface area contributed by atoms with E-state index in [1.807, 2.05) is 11.3 Å². The Balaban J connectivity index is 2.08. The maximum absolute atomic E-state index is 2.25. The third-order valence-electron chi connectivity index (χ3n) is 2.51. The summed E-state index contributed by atoms with van der Waals surface area (Å²) in [6.45, 7) is 2.07. The van der Waals surface area contributed by atoms with Gasteiger partial charge in [-0.25, -0.2) is 0 Å². The molecule has 1 aromatic carbocycles. The monoisotopic (exact) mass is 228 g/mol. The first-order valence-corrected chi connectivity index (χ1v) is 6.47. The number of benzene rings is 1. The third kappa shape index (κ3) is 2.83. The Morgan fingerprint density at radius 3 is 2.62 bits per heavy atom. The molecule has 0 aliphatic carbocycles. The quantitative estimate of drug-likeness (QED) is 0.651. The molecule has 82 valence electrons. The van der Waals surface area contributed by atoms with Crippen LogP contribution in [0.1, 0.15) is 18.2 Å². The summed E-state index contributed by atoms with van der Waals surface area (Å²) >= 11 is 1.90. The van der Waals surface area contributed by atoms with Crippen LogP contribution in [-0.2, 0) is 6.42 Å². The third-order valence-corrected chi connectivity index (χ3v) is 3.71. The van der Waals surface area contributed by atoms with Crippen LogP contribution in [0.15, 0.2) is 54.6 Å². The van der Waals surface area contributed by atoms with Crippen LogP contribution >= 0.6 is 11.3 Å². The van der Waals surface area contributed by atoms with Gasteiger partial charge < -0.3 is 0 Å². The molecule has 1 aromatic heterocycles. The predicted molar refractivity (Wildman–Crippen MR) is 72.9 cm³/mol. The number of allylic oxidation sites excluding steroid dienone is 2. The van der Waals surface area contributed by atoms with Crippen molar-refractivity contribution in [3.8, 4) is 10.4 Å². The molecule has 0 bridgehead atoms. The molecule has 0 saturated carbocycles. The van der Waals surface area contributed by atoms with Crippen molar-refractivity contribution in [1.82, 2.24) is 0 Å². The molecule has 0 unspecified atom stereocenters. The summed E-state index contributed by atoms with van der Waals surface area (Å²) < 4.78 is 0. The Kier molecular flexibility index (Phi) is 3.95. The fourth-order valence-electron chi connectivity index (χ4n) is 1.66.